The van der Waals surface area contributed by atoms with Crippen molar-refractivity contribution in [2.24, 2.45) is 0 Å². The summed E-state index contributed by atoms with van der Waals surface area (Å²) in [5.74, 6) is -0.790. The Kier molecular flexibility index (Phi) is 4.36. The van der Waals surface area contributed by atoms with E-state index in [0.29, 0.717) is 23.4 Å². The highest BCUT2D eigenvalue weighted by Crippen LogP contribution is 2.16. The number of hydrogen-bond donors (Lipinski definition) is 2. The maximum Gasteiger partial charge on any atom is 0.272 e. The molecule has 2 aromatic rings. The van der Waals surface area contributed by atoms with Crippen molar-refractivity contribution in [3.8, 4) is 6.07 Å². The molecule has 0 radical (unpaired) electrons. The first-order valence-corrected chi connectivity index (χ1v) is 6.32. The van der Waals surface area contributed by atoms with Gasteiger partial charge in [-0.2, -0.15) is 5.26 Å². The number of hydrogen-bond acceptors (Lipinski definition) is 3. The van der Waals surface area contributed by atoms with Crippen LogP contribution in [-0.2, 0) is 6.54 Å². The smallest absolute Gasteiger partial charge is 0.272 e. The van der Waals surface area contributed by atoms with E-state index in [1.54, 1.807) is 12.1 Å². The number of aromatic nitrogens is 1. The molecular weight excluding hydrogens is 271 g/mol. The van der Waals surface area contributed by atoms with Crippen molar-refractivity contribution in [2.45, 2.75) is 6.54 Å². The fraction of sp³-hybridized carbons (Fsp3) is 0.200. The molecule has 0 aliphatic heterocycles. The van der Waals surface area contributed by atoms with Crippen LogP contribution in [0.15, 0.2) is 30.5 Å². The van der Waals surface area contributed by atoms with Crippen LogP contribution in [0.2, 0.25) is 0 Å². The number of halogens is 1. The molecule has 21 heavy (non-hydrogen) atoms. The maximum absolute atomic E-state index is 13.9. The summed E-state index contributed by atoms with van der Waals surface area (Å²) < 4.78 is 13.9. The molecule has 0 spiro atoms. The standard InChI is InChI=1S/C15H15FN4O/c1-20(2)9-11-3-4-12(6-13(11)16)19-15(21)14-5-10(7-17)8-18-14/h3-6,8,18H,9H2,1-2H3,(H,19,21). The number of H-pyrrole nitrogens is 1. The third-order valence-electron chi connectivity index (χ3n) is 2.85. The lowest BCUT2D eigenvalue weighted by atomic mass is 10.2. The van der Waals surface area contributed by atoms with Gasteiger partial charge in [0.1, 0.15) is 17.6 Å². The van der Waals surface area contributed by atoms with Crippen molar-refractivity contribution in [1.29, 1.82) is 5.26 Å². The number of nitrogens with one attached hydrogen (secondary N) is 2. The van der Waals surface area contributed by atoms with Crippen molar-refractivity contribution in [2.75, 3.05) is 19.4 Å². The second-order valence-electron chi connectivity index (χ2n) is 4.91. The summed E-state index contributed by atoms with van der Waals surface area (Å²) in [6.45, 7) is 0.488. The van der Waals surface area contributed by atoms with Crippen molar-refractivity contribution < 1.29 is 9.18 Å². The quantitative estimate of drug-likeness (QED) is 0.906. The van der Waals surface area contributed by atoms with Crippen LogP contribution in [0.5, 0.6) is 0 Å². The third kappa shape index (κ3) is 3.68. The highest BCUT2D eigenvalue weighted by Gasteiger charge is 2.11. The van der Waals surface area contributed by atoms with Crippen LogP contribution in [-0.4, -0.2) is 29.9 Å². The molecule has 1 aromatic carbocycles. The van der Waals surface area contributed by atoms with Gasteiger partial charge in [0, 0.05) is 24.0 Å². The summed E-state index contributed by atoms with van der Waals surface area (Å²) in [4.78, 5) is 16.5. The molecule has 0 saturated heterocycles. The van der Waals surface area contributed by atoms with Crippen LogP contribution in [0.3, 0.4) is 0 Å². The van der Waals surface area contributed by atoms with Gasteiger partial charge >= 0.3 is 0 Å². The Morgan fingerprint density at radius 1 is 1.43 bits per heavy atom. The van der Waals surface area contributed by atoms with Crippen LogP contribution in [0.25, 0.3) is 0 Å². The Balaban J connectivity index is 2.11. The largest absolute Gasteiger partial charge is 0.356 e. The van der Waals surface area contributed by atoms with E-state index in [1.165, 1.54) is 18.3 Å². The highest BCUT2D eigenvalue weighted by molar-refractivity contribution is 6.03. The normalized spacial score (nSPS) is 10.4. The molecule has 0 saturated carbocycles. The summed E-state index contributed by atoms with van der Waals surface area (Å²) in [5.41, 5.74) is 1.55. The summed E-state index contributed by atoms with van der Waals surface area (Å²) in [7, 11) is 3.71. The van der Waals surface area contributed by atoms with Crippen LogP contribution < -0.4 is 5.32 Å². The fourth-order valence-corrected chi connectivity index (χ4v) is 1.88. The SMILES string of the molecule is CN(C)Cc1ccc(NC(=O)c2cc(C#N)c[nH]2)cc1F. The molecule has 1 amide bonds. The topological polar surface area (TPSA) is 71.9 Å². The van der Waals surface area contributed by atoms with E-state index < -0.39 is 5.91 Å². The minimum Gasteiger partial charge on any atom is -0.356 e. The Morgan fingerprint density at radius 3 is 2.76 bits per heavy atom. The lowest BCUT2D eigenvalue weighted by Crippen LogP contribution is -2.14. The number of aromatic amines is 1. The average molecular weight is 286 g/mol. The molecule has 0 aliphatic rings. The highest BCUT2D eigenvalue weighted by atomic mass is 19.1. The molecule has 0 fully saturated rings. The number of nitrogens with zero attached hydrogens (tertiary/aromatic N) is 2. The first kappa shape index (κ1) is 14.8. The number of nitriles is 1. The predicted molar refractivity (Wildman–Crippen MR) is 77.3 cm³/mol. The zero-order valence-corrected chi connectivity index (χ0v) is 11.8. The molecular formula is C15H15FN4O. The monoisotopic (exact) mass is 286 g/mol. The second-order valence-corrected chi connectivity index (χ2v) is 4.91. The Bertz CT molecular complexity index is 700. The second kappa shape index (κ2) is 6.20. The van der Waals surface area contributed by atoms with Crippen LogP contribution in [0.4, 0.5) is 10.1 Å². The lowest BCUT2D eigenvalue weighted by Gasteiger charge is -2.11. The van der Waals surface area contributed by atoms with Gasteiger partial charge in [-0.15, -0.1) is 0 Å². The van der Waals surface area contributed by atoms with Gasteiger partial charge in [0.2, 0.25) is 0 Å². The summed E-state index contributed by atoms with van der Waals surface area (Å²) in [5, 5.41) is 11.3. The van der Waals surface area contributed by atoms with E-state index in [0.717, 1.165) is 0 Å². The molecule has 0 bridgehead atoms. The van der Waals surface area contributed by atoms with E-state index in [4.69, 9.17) is 5.26 Å². The van der Waals surface area contributed by atoms with Gasteiger partial charge in [-0.3, -0.25) is 4.79 Å². The minimum atomic E-state index is -0.420. The average Bonchev–Trinajstić information content (AvgIpc) is 2.90. The first-order chi connectivity index (χ1) is 9.99. The third-order valence-corrected chi connectivity index (χ3v) is 2.85. The number of rotatable bonds is 4. The van der Waals surface area contributed by atoms with Gasteiger partial charge in [0.05, 0.1) is 5.56 Å². The van der Waals surface area contributed by atoms with Crippen molar-refractivity contribution in [3.05, 3.63) is 53.1 Å². The van der Waals surface area contributed by atoms with E-state index in [2.05, 4.69) is 10.3 Å². The molecule has 5 nitrogen and oxygen atoms in total. The molecule has 0 unspecified atom stereocenters. The molecule has 1 heterocycles. The summed E-state index contributed by atoms with van der Waals surface area (Å²) in [6, 6.07) is 7.93. The van der Waals surface area contributed by atoms with Gasteiger partial charge in [0.25, 0.3) is 5.91 Å². The molecule has 1 aromatic heterocycles. The van der Waals surface area contributed by atoms with Gasteiger partial charge < -0.3 is 15.2 Å². The lowest BCUT2D eigenvalue weighted by molar-refractivity contribution is 0.102. The summed E-state index contributed by atoms with van der Waals surface area (Å²) in [6.07, 6.45) is 1.44. The molecule has 0 aliphatic carbocycles. The van der Waals surface area contributed by atoms with Crippen molar-refractivity contribution >= 4 is 11.6 Å². The van der Waals surface area contributed by atoms with Crippen LogP contribution >= 0.6 is 0 Å². The number of anilines is 1. The van der Waals surface area contributed by atoms with Crippen LogP contribution in [0.1, 0.15) is 21.6 Å². The van der Waals surface area contributed by atoms with Crippen molar-refractivity contribution in [3.63, 3.8) is 0 Å². The number of benzene rings is 1. The maximum atomic E-state index is 13.9. The van der Waals surface area contributed by atoms with Gasteiger partial charge in [0.15, 0.2) is 0 Å². The number of carbonyl (C=O) groups excluding carboxylic acids is 1. The predicted octanol–water partition coefficient (Wildman–Crippen LogP) is 2.34. The fourth-order valence-electron chi connectivity index (χ4n) is 1.88. The zero-order valence-electron chi connectivity index (χ0n) is 11.8. The van der Waals surface area contributed by atoms with Crippen molar-refractivity contribution in [1.82, 2.24) is 9.88 Å². The van der Waals surface area contributed by atoms with Crippen LogP contribution in [0, 0.1) is 17.1 Å². The zero-order chi connectivity index (χ0) is 15.4. The van der Waals surface area contributed by atoms with Gasteiger partial charge in [-0.05, 0) is 32.3 Å². The Hall–Kier alpha value is -2.65. The van der Waals surface area contributed by atoms with E-state index >= 15 is 0 Å². The minimum absolute atomic E-state index is 0.254. The molecule has 0 atom stereocenters. The number of amides is 1. The Labute approximate surface area is 122 Å². The Morgan fingerprint density at radius 2 is 2.19 bits per heavy atom. The molecule has 2 rings (SSSR count). The van der Waals surface area contributed by atoms with E-state index in [1.807, 2.05) is 25.1 Å². The van der Waals surface area contributed by atoms with Gasteiger partial charge in [-0.1, -0.05) is 6.07 Å². The number of carbonyl (C=O) groups is 1. The molecule has 108 valence electrons. The molecule has 2 N–H and O–H groups in total. The summed E-state index contributed by atoms with van der Waals surface area (Å²) >= 11 is 0. The first-order valence-electron chi connectivity index (χ1n) is 6.32. The van der Waals surface area contributed by atoms with E-state index in [9.17, 15) is 9.18 Å². The molecule has 6 heteroatoms. The van der Waals surface area contributed by atoms with E-state index in [-0.39, 0.29) is 11.5 Å². The van der Waals surface area contributed by atoms with Gasteiger partial charge in [-0.25, -0.2) is 4.39 Å².